The highest BCUT2D eigenvalue weighted by Gasteiger charge is 2.47. The highest BCUT2D eigenvalue weighted by Crippen LogP contribution is 2.42. The summed E-state index contributed by atoms with van der Waals surface area (Å²) in [6, 6.07) is 38.7. The average Bonchev–Trinajstić information content (AvgIpc) is 3.18. The van der Waals surface area contributed by atoms with E-state index in [9.17, 15) is 0 Å². The van der Waals surface area contributed by atoms with E-state index in [0.29, 0.717) is 0 Å². The van der Waals surface area contributed by atoms with Gasteiger partial charge < -0.3 is 29.0 Å². The zero-order valence-corrected chi connectivity index (χ0v) is 30.9. The van der Waals surface area contributed by atoms with Crippen molar-refractivity contribution in [3.8, 4) is 57.5 Å². The molecule has 0 fully saturated rings. The van der Waals surface area contributed by atoms with Crippen LogP contribution >= 0.6 is 11.8 Å². The van der Waals surface area contributed by atoms with E-state index < -0.39 is 0 Å². The number of rotatable bonds is 1. The van der Waals surface area contributed by atoms with Crippen molar-refractivity contribution in [3.05, 3.63) is 120 Å². The number of thioether (sulfide) groups is 1. The summed E-state index contributed by atoms with van der Waals surface area (Å²) >= 11 is 1.68. The third-order valence-corrected chi connectivity index (χ3v) is 12.8. The fraction of sp³-hybridized carbons (Fsp3) is 0.0667. The molecule has 0 aromatic heterocycles. The van der Waals surface area contributed by atoms with Crippen LogP contribution in [0, 0.1) is 13.8 Å². The molecule has 7 aromatic rings. The fourth-order valence-corrected chi connectivity index (χ4v) is 10.3. The Morgan fingerprint density at radius 1 is 0.400 bits per heavy atom. The van der Waals surface area contributed by atoms with E-state index in [1.807, 2.05) is 12.1 Å². The second-order valence-corrected chi connectivity index (χ2v) is 16.2. The molecule has 0 saturated carbocycles. The van der Waals surface area contributed by atoms with Crippen LogP contribution in [0.15, 0.2) is 114 Å². The Bertz CT molecular complexity index is 2760. The van der Waals surface area contributed by atoms with Crippen LogP contribution in [0.1, 0.15) is 11.1 Å². The molecule has 0 atom stereocenters. The smallest absolute Gasteiger partial charge is 0.260 e. The number of nitrogens with one attached hydrogen (secondary N) is 1. The first kappa shape index (κ1) is 30.2. The van der Waals surface area contributed by atoms with E-state index in [1.54, 1.807) is 11.8 Å². The molecule has 0 aliphatic carbocycles. The highest BCUT2D eigenvalue weighted by molar-refractivity contribution is 7.98. The zero-order chi connectivity index (χ0) is 36.3. The summed E-state index contributed by atoms with van der Waals surface area (Å²) in [5, 5.41) is 3.80. The molecule has 10 heteroatoms. The lowest BCUT2D eigenvalue weighted by Crippen LogP contribution is -2.63. The van der Waals surface area contributed by atoms with Gasteiger partial charge in [-0.3, -0.25) is 0 Å². The van der Waals surface area contributed by atoms with Gasteiger partial charge in [-0.15, -0.1) is 11.8 Å². The summed E-state index contributed by atoms with van der Waals surface area (Å²) in [7, 11) is 0. The SMILES string of the molecule is CSc1cc2c3c(c1)Oc1cc4c(cc1B3c1cc3c(cc1O2)Nc1cc(C)cc2c1B3c1ccccc1O2)B1c2ccccc2Oc2cc(C)cc(c21)O4. The number of benzene rings is 7. The summed E-state index contributed by atoms with van der Waals surface area (Å²) in [5.41, 5.74) is 14.4. The highest BCUT2D eigenvalue weighted by atomic mass is 32.2. The van der Waals surface area contributed by atoms with Gasteiger partial charge in [-0.25, -0.2) is 0 Å². The van der Waals surface area contributed by atoms with Gasteiger partial charge >= 0.3 is 0 Å². The summed E-state index contributed by atoms with van der Waals surface area (Å²) in [5.74, 6) is 8.40. The second-order valence-electron chi connectivity index (χ2n) is 15.4. The molecule has 0 bridgehead atoms. The molecule has 258 valence electrons. The molecule has 0 radical (unpaired) electrons. The number of para-hydroxylation sites is 2. The van der Waals surface area contributed by atoms with Crippen LogP contribution in [0.3, 0.4) is 0 Å². The molecule has 6 heterocycles. The lowest BCUT2D eigenvalue weighted by molar-refractivity contribution is 0.450. The lowest BCUT2D eigenvalue weighted by atomic mass is 9.30. The van der Waals surface area contributed by atoms with Crippen molar-refractivity contribution in [1.29, 1.82) is 0 Å². The van der Waals surface area contributed by atoms with Crippen LogP contribution in [0.4, 0.5) is 11.4 Å². The van der Waals surface area contributed by atoms with Crippen molar-refractivity contribution in [2.45, 2.75) is 18.7 Å². The van der Waals surface area contributed by atoms with E-state index in [0.717, 1.165) is 123 Å². The van der Waals surface area contributed by atoms with Crippen LogP contribution in [0.5, 0.6) is 57.5 Å². The number of hydrogen-bond donors (Lipinski definition) is 1. The minimum absolute atomic E-state index is 0.00908. The maximum atomic E-state index is 6.92. The molecule has 13 rings (SSSR count). The topological polar surface area (TPSA) is 58.2 Å². The maximum absolute atomic E-state index is 6.92. The molecule has 6 aliphatic heterocycles. The lowest BCUT2D eigenvalue weighted by Gasteiger charge is -2.38. The minimum Gasteiger partial charge on any atom is -0.458 e. The Labute approximate surface area is 323 Å². The molecule has 6 nitrogen and oxygen atoms in total. The van der Waals surface area contributed by atoms with Gasteiger partial charge in [-0.1, -0.05) is 48.5 Å². The van der Waals surface area contributed by atoms with E-state index in [1.165, 1.54) is 10.9 Å². The molecular weight excluding hydrogens is 699 g/mol. The molecule has 0 unspecified atom stereocenters. The Kier molecular flexibility index (Phi) is 5.80. The van der Waals surface area contributed by atoms with Gasteiger partial charge in [0.1, 0.15) is 57.5 Å². The average molecular weight is 727 g/mol. The van der Waals surface area contributed by atoms with Crippen molar-refractivity contribution in [3.63, 3.8) is 0 Å². The van der Waals surface area contributed by atoms with Crippen molar-refractivity contribution < 1.29 is 23.7 Å². The summed E-state index contributed by atoms with van der Waals surface area (Å²) in [4.78, 5) is 1.08. The number of fused-ring (bicyclic) bond motifs is 12. The Hall–Kier alpha value is -6.12. The molecule has 0 saturated heterocycles. The number of anilines is 2. The maximum Gasteiger partial charge on any atom is 0.260 e. The van der Waals surface area contributed by atoms with Gasteiger partial charge in [0.15, 0.2) is 0 Å². The predicted molar refractivity (Wildman–Crippen MR) is 224 cm³/mol. The Balaban J connectivity index is 1.06. The van der Waals surface area contributed by atoms with Crippen molar-refractivity contribution >= 4 is 92.4 Å². The second kappa shape index (κ2) is 10.6. The fourth-order valence-electron chi connectivity index (χ4n) is 9.88. The Morgan fingerprint density at radius 3 is 1.45 bits per heavy atom. The first-order valence-corrected chi connectivity index (χ1v) is 19.9. The molecular formula is C45H28B3NO5S. The van der Waals surface area contributed by atoms with Crippen LogP contribution in [-0.2, 0) is 0 Å². The first-order valence-electron chi connectivity index (χ1n) is 18.7. The first-order chi connectivity index (χ1) is 27.0. The van der Waals surface area contributed by atoms with Gasteiger partial charge in [-0.05, 0) is 118 Å². The molecule has 0 spiro atoms. The summed E-state index contributed by atoms with van der Waals surface area (Å²) in [6.45, 7) is 3.98. The molecule has 1 N–H and O–H groups in total. The monoisotopic (exact) mass is 727 g/mol. The summed E-state index contributed by atoms with van der Waals surface area (Å²) < 4.78 is 33.7. The van der Waals surface area contributed by atoms with Crippen LogP contribution in [-0.4, -0.2) is 26.4 Å². The number of aryl methyl sites for hydroxylation is 2. The van der Waals surface area contributed by atoms with Gasteiger partial charge in [0.25, 0.3) is 20.1 Å². The third-order valence-electron chi connectivity index (χ3n) is 12.1. The minimum atomic E-state index is -0.146. The van der Waals surface area contributed by atoms with E-state index in [4.69, 9.17) is 23.7 Å². The normalized spacial score (nSPS) is 14.6. The van der Waals surface area contributed by atoms with Gasteiger partial charge in [0, 0.05) is 39.3 Å². The predicted octanol–water partition coefficient (Wildman–Crippen LogP) is 5.16. The molecule has 6 aliphatic rings. The summed E-state index contributed by atoms with van der Waals surface area (Å²) in [6.07, 6.45) is 2.09. The third kappa shape index (κ3) is 4.04. The standard InChI is InChI=1S/C45H28B3NO5S/c1-22-12-32-43-38(13-22)50-33-10-6-4-8-25(33)46(43)27-18-28-35(20-31(27)49-32)52-41-16-24(55-3)17-42-45(41)48(28)30-19-29-36(21-37(30)54-42)53-40-15-23(2)14-39-44(40)47(29)26-9-5-7-11-34(26)51-39/h4-21,49H,1-3H3. The molecule has 0 amide bonds. The molecule has 7 aromatic carbocycles. The number of hydrogen-bond acceptors (Lipinski definition) is 7. The van der Waals surface area contributed by atoms with E-state index in [-0.39, 0.29) is 20.1 Å². The van der Waals surface area contributed by atoms with Crippen LogP contribution in [0.2, 0.25) is 0 Å². The van der Waals surface area contributed by atoms with Crippen LogP contribution < -0.4 is 78.2 Å². The quantitative estimate of drug-likeness (QED) is 0.186. The van der Waals surface area contributed by atoms with Gasteiger partial charge in [-0.2, -0.15) is 0 Å². The van der Waals surface area contributed by atoms with E-state index >= 15 is 0 Å². The van der Waals surface area contributed by atoms with Crippen molar-refractivity contribution in [2.24, 2.45) is 0 Å². The van der Waals surface area contributed by atoms with E-state index in [2.05, 4.69) is 122 Å². The Morgan fingerprint density at radius 2 is 0.855 bits per heavy atom. The van der Waals surface area contributed by atoms with Gasteiger partial charge in [0.2, 0.25) is 0 Å². The van der Waals surface area contributed by atoms with Gasteiger partial charge in [0.05, 0.1) is 0 Å². The molecule has 55 heavy (non-hydrogen) atoms. The van der Waals surface area contributed by atoms with Crippen LogP contribution in [0.25, 0.3) is 0 Å². The van der Waals surface area contributed by atoms with Crippen molar-refractivity contribution in [1.82, 2.24) is 0 Å². The van der Waals surface area contributed by atoms with Crippen molar-refractivity contribution in [2.75, 3.05) is 11.6 Å². The largest absolute Gasteiger partial charge is 0.458 e. The zero-order valence-electron chi connectivity index (χ0n) is 30.1. The number of ether oxygens (including phenoxy) is 5.